The molecule has 9 aromatic rings. The summed E-state index contributed by atoms with van der Waals surface area (Å²) < 4.78 is 67.6. The van der Waals surface area contributed by atoms with E-state index in [0.717, 1.165) is 33.0 Å². The normalized spacial score (nSPS) is 13.8. The fourth-order valence-electron chi connectivity index (χ4n) is 6.21. The molecule has 0 bridgehead atoms. The monoisotopic (exact) mass is 938 g/mol. The molecule has 0 aliphatic heterocycles. The first-order chi connectivity index (χ1) is 28.1. The van der Waals surface area contributed by atoms with Crippen LogP contribution in [0.2, 0.25) is 0 Å². The number of aromatic nitrogens is 2. The predicted octanol–water partition coefficient (Wildman–Crippen LogP) is 12.5. The maximum absolute atomic E-state index is 8.94. The van der Waals surface area contributed by atoms with Crippen molar-refractivity contribution in [2.24, 2.45) is 0 Å². The van der Waals surface area contributed by atoms with Crippen molar-refractivity contribution in [2.75, 3.05) is 0 Å². The topological polar surface area (TPSA) is 38.9 Å². The number of furan rings is 1. The zero-order valence-corrected chi connectivity index (χ0v) is 33.4. The number of hydrogen-bond acceptors (Lipinski definition) is 3. The summed E-state index contributed by atoms with van der Waals surface area (Å²) in [7, 11) is 0. The minimum atomic E-state index is -2.61. The van der Waals surface area contributed by atoms with Gasteiger partial charge in [-0.15, -0.1) is 18.2 Å². The van der Waals surface area contributed by atoms with E-state index in [1.165, 1.54) is 15.0 Å². The molecule has 0 saturated carbocycles. The van der Waals surface area contributed by atoms with Crippen molar-refractivity contribution in [1.29, 1.82) is 0 Å². The Labute approximate surface area is 340 Å². The molecule has 0 fully saturated rings. The summed E-state index contributed by atoms with van der Waals surface area (Å²) in [5, 5.41) is 1.75. The quantitative estimate of drug-likeness (QED) is 0.130. The Balaban J connectivity index is 0.000000284. The fraction of sp³-hybridized carbons (Fsp3) is 0.125. The van der Waals surface area contributed by atoms with Crippen LogP contribution in [0.1, 0.15) is 47.1 Å². The van der Waals surface area contributed by atoms with Crippen LogP contribution in [0.25, 0.3) is 75.4 Å². The van der Waals surface area contributed by atoms with Gasteiger partial charge in [0.05, 0.1) is 6.95 Å². The molecule has 3 nitrogen and oxygen atoms in total. The number of benzene rings is 6. The first-order valence-electron chi connectivity index (χ1n) is 20.5. The molecule has 5 heteroatoms. The van der Waals surface area contributed by atoms with Gasteiger partial charge in [-0.2, -0.15) is 0 Å². The van der Waals surface area contributed by atoms with Crippen molar-refractivity contribution in [3.8, 4) is 43.6 Å². The van der Waals surface area contributed by atoms with Crippen molar-refractivity contribution in [3.63, 3.8) is 0 Å². The summed E-state index contributed by atoms with van der Waals surface area (Å²) in [6, 6.07) is 47.2. The van der Waals surface area contributed by atoms with Gasteiger partial charge in [0.15, 0.2) is 0 Å². The van der Waals surface area contributed by atoms with Crippen LogP contribution in [0.3, 0.4) is 0 Å². The number of nitrogens with zero attached hydrogens (tertiary/aromatic N) is 2. The average Bonchev–Trinajstić information content (AvgIpc) is 3.82. The van der Waals surface area contributed by atoms with Crippen LogP contribution in [0.5, 0.6) is 0 Å². The predicted molar refractivity (Wildman–Crippen MR) is 218 cm³/mol. The van der Waals surface area contributed by atoms with E-state index >= 15 is 0 Å². The molecule has 0 atom stereocenters. The zero-order valence-electron chi connectivity index (χ0n) is 36.2. The molecule has 0 aliphatic rings. The number of hydrogen-bond donors (Lipinski definition) is 0. The van der Waals surface area contributed by atoms with E-state index in [4.69, 9.17) is 14.0 Å². The third-order valence-corrected chi connectivity index (χ3v) is 11.3. The van der Waals surface area contributed by atoms with Crippen LogP contribution in [-0.4, -0.2) is 24.5 Å². The number of aryl methyl sites for hydroxylation is 2. The molecule has 0 aliphatic carbocycles. The molecule has 1 radical (unpaired) electrons. The summed E-state index contributed by atoms with van der Waals surface area (Å²) in [5.74, 6) is 0. The molecule has 0 amide bonds. The summed E-state index contributed by atoms with van der Waals surface area (Å²) in [6.07, 6.45) is 1.25. The second kappa shape index (κ2) is 15.2. The Morgan fingerprint density at radius 2 is 1.55 bits per heavy atom. The fourth-order valence-corrected chi connectivity index (χ4v) is 8.21. The van der Waals surface area contributed by atoms with Crippen molar-refractivity contribution in [2.45, 2.75) is 39.9 Å². The zero-order chi connectivity index (χ0) is 41.7. The number of para-hydroxylation sites is 1. The molecule has 0 spiro atoms. The van der Waals surface area contributed by atoms with Gasteiger partial charge >= 0.3 is 94.0 Å². The Hall–Kier alpha value is -4.89. The van der Waals surface area contributed by atoms with Crippen LogP contribution in [0, 0.1) is 25.8 Å². The molecule has 0 N–H and O–H groups in total. The number of rotatable bonds is 4. The molecule has 9 rings (SSSR count). The van der Waals surface area contributed by atoms with Gasteiger partial charge in [0.1, 0.15) is 5.58 Å². The molecule has 3 heterocycles. The minimum absolute atomic E-state index is 0. The third-order valence-electron chi connectivity index (χ3n) is 9.01. The first-order valence-corrected chi connectivity index (χ1v) is 18.7. The van der Waals surface area contributed by atoms with Gasteiger partial charge in [0.25, 0.3) is 0 Å². The second-order valence-electron chi connectivity index (χ2n) is 13.6. The molecule has 0 unspecified atom stereocenters. The molecule has 53 heavy (non-hydrogen) atoms. The Morgan fingerprint density at radius 3 is 2.32 bits per heavy atom. The SMILES string of the molecule is [2H]c1cc(C(C)(C)C)cc(C([2H])([2H])[2H])c1-c1cc(-c2[c-]ccc3c2oc2cc(-c4ccccc4)ccc23)ncc1C([2H])([2H])[2H].[Ir].[c-]1ccccc1-c1nc2ccccc2[se]1. The average molecular weight is 937 g/mol. The summed E-state index contributed by atoms with van der Waals surface area (Å²) in [4.78, 5) is 9.15. The van der Waals surface area contributed by atoms with E-state index in [0.29, 0.717) is 42.5 Å². The standard InChI is InChI=1S/C35H30NO.C13H8NSe.Ir/c1-22-18-26(35(3,4)5)15-17-27(22)31-20-32(36-21-23(31)2)30-13-9-12-29-28-16-14-25(19-33(28)37-34(29)30)24-10-7-6-8-11-24;1-2-6-10(7-3-1)13-14-11-8-4-5-9-12(11)15-13;/h6-12,14-21H,1-5H3;1-6,8-9H;/q2*-1;/i1D3,2D3,17D;;. The number of pyridine rings is 1. The van der Waals surface area contributed by atoms with Crippen molar-refractivity contribution >= 4 is 46.2 Å². The Bertz CT molecular complexity index is 2940. The Kier molecular flexibility index (Phi) is 8.21. The van der Waals surface area contributed by atoms with Gasteiger partial charge in [-0.25, -0.2) is 0 Å². The first kappa shape index (κ1) is 28.6. The van der Waals surface area contributed by atoms with Gasteiger partial charge in [0.2, 0.25) is 0 Å². The molecule has 3 aromatic heterocycles. The van der Waals surface area contributed by atoms with E-state index in [1.807, 2.05) is 99.6 Å². The van der Waals surface area contributed by atoms with Crippen LogP contribution in [-0.2, 0) is 25.5 Å². The summed E-state index contributed by atoms with van der Waals surface area (Å²) >= 11 is 0.342. The van der Waals surface area contributed by atoms with Gasteiger partial charge in [-0.1, -0.05) is 98.4 Å². The molecule has 263 valence electrons. The van der Waals surface area contributed by atoms with Gasteiger partial charge in [-0.3, -0.25) is 0 Å². The third kappa shape index (κ3) is 7.49. The summed E-state index contributed by atoms with van der Waals surface area (Å²) in [5.41, 5.74) is 6.62. The van der Waals surface area contributed by atoms with E-state index in [-0.39, 0.29) is 48.4 Å². The van der Waals surface area contributed by atoms with Crippen molar-refractivity contribution < 1.29 is 34.1 Å². The summed E-state index contributed by atoms with van der Waals surface area (Å²) in [6.45, 7) is 0.620. The molecule has 0 saturated heterocycles. The van der Waals surface area contributed by atoms with E-state index in [2.05, 4.69) is 46.4 Å². The van der Waals surface area contributed by atoms with Gasteiger partial charge in [0, 0.05) is 39.9 Å². The van der Waals surface area contributed by atoms with E-state index in [1.54, 1.807) is 24.3 Å². The Morgan fingerprint density at radius 1 is 0.736 bits per heavy atom. The molecule has 6 aromatic carbocycles. The van der Waals surface area contributed by atoms with Crippen LogP contribution in [0.4, 0.5) is 0 Å². The van der Waals surface area contributed by atoms with Crippen molar-refractivity contribution in [3.05, 3.63) is 168 Å². The van der Waals surface area contributed by atoms with Crippen LogP contribution >= 0.6 is 0 Å². The van der Waals surface area contributed by atoms with Gasteiger partial charge < -0.3 is 9.40 Å². The number of fused-ring (bicyclic) bond motifs is 4. The van der Waals surface area contributed by atoms with Crippen LogP contribution < -0.4 is 0 Å². The van der Waals surface area contributed by atoms with E-state index < -0.39 is 19.1 Å². The second-order valence-corrected chi connectivity index (χ2v) is 15.7. The molecular weight excluding hydrogens is 892 g/mol. The molecular formula is C48H38IrN2OSe-2. The maximum atomic E-state index is 8.94. The van der Waals surface area contributed by atoms with Gasteiger partial charge in [-0.05, 0) is 69.8 Å². The van der Waals surface area contributed by atoms with Crippen molar-refractivity contribution in [1.82, 2.24) is 9.97 Å². The van der Waals surface area contributed by atoms with Crippen LogP contribution in [0.15, 0.2) is 144 Å². The van der Waals surface area contributed by atoms with E-state index in [9.17, 15) is 0 Å².